The first kappa shape index (κ1) is 18.7. The summed E-state index contributed by atoms with van der Waals surface area (Å²) < 4.78 is 11.0. The van der Waals surface area contributed by atoms with Crippen molar-refractivity contribution in [1.29, 1.82) is 0 Å². The second kappa shape index (κ2) is 7.43. The van der Waals surface area contributed by atoms with Crippen LogP contribution in [0.5, 0.6) is 0 Å². The van der Waals surface area contributed by atoms with Crippen molar-refractivity contribution in [2.75, 3.05) is 11.9 Å². The molecule has 1 aliphatic rings. The number of anilines is 1. The van der Waals surface area contributed by atoms with Crippen LogP contribution >= 0.6 is 11.3 Å². The summed E-state index contributed by atoms with van der Waals surface area (Å²) in [5, 5.41) is 4.40. The van der Waals surface area contributed by atoms with Crippen molar-refractivity contribution >= 4 is 39.2 Å². The van der Waals surface area contributed by atoms with E-state index >= 15 is 0 Å². The summed E-state index contributed by atoms with van der Waals surface area (Å²) in [5.41, 5.74) is 3.00. The Hall–Kier alpha value is -2.60. The average Bonchev–Trinajstić information content (AvgIpc) is 3.19. The summed E-state index contributed by atoms with van der Waals surface area (Å²) in [6, 6.07) is 7.56. The molecule has 0 bridgehead atoms. The van der Waals surface area contributed by atoms with Gasteiger partial charge in [0.05, 0.1) is 12.2 Å². The number of aryl methyl sites for hydroxylation is 1. The molecule has 1 aliphatic carbocycles. The minimum Gasteiger partial charge on any atom is -0.462 e. The molecule has 0 spiro atoms. The van der Waals surface area contributed by atoms with Gasteiger partial charge in [0.25, 0.3) is 5.91 Å². The van der Waals surface area contributed by atoms with Gasteiger partial charge in [-0.05, 0) is 50.7 Å². The van der Waals surface area contributed by atoms with Gasteiger partial charge in [-0.2, -0.15) is 0 Å². The molecule has 0 aliphatic heterocycles. The third-order valence-corrected chi connectivity index (χ3v) is 6.44. The number of esters is 1. The van der Waals surface area contributed by atoms with Gasteiger partial charge in [-0.3, -0.25) is 4.79 Å². The highest BCUT2D eigenvalue weighted by Gasteiger charge is 2.30. The second-order valence-corrected chi connectivity index (χ2v) is 8.39. The molecular formula is C22H23NO4S. The fourth-order valence-electron chi connectivity index (χ4n) is 3.81. The molecule has 5 nitrogen and oxygen atoms in total. The van der Waals surface area contributed by atoms with E-state index in [1.165, 1.54) is 16.2 Å². The lowest BCUT2D eigenvalue weighted by Crippen LogP contribution is -2.16. The Morgan fingerprint density at radius 3 is 2.86 bits per heavy atom. The van der Waals surface area contributed by atoms with Crippen molar-refractivity contribution in [3.63, 3.8) is 0 Å². The Balaban J connectivity index is 1.71. The molecule has 146 valence electrons. The van der Waals surface area contributed by atoms with Gasteiger partial charge in [-0.15, -0.1) is 11.3 Å². The number of carbonyl (C=O) groups is 2. The molecule has 2 aromatic heterocycles. The molecule has 3 aromatic rings. The first-order valence-electron chi connectivity index (χ1n) is 9.60. The number of hydrogen-bond acceptors (Lipinski definition) is 5. The van der Waals surface area contributed by atoms with Crippen molar-refractivity contribution in [1.82, 2.24) is 0 Å². The van der Waals surface area contributed by atoms with Gasteiger partial charge in [0, 0.05) is 15.8 Å². The van der Waals surface area contributed by atoms with Crippen LogP contribution in [0.1, 0.15) is 57.2 Å². The predicted octanol–water partition coefficient (Wildman–Crippen LogP) is 5.36. The number of fused-ring (bicyclic) bond motifs is 2. The summed E-state index contributed by atoms with van der Waals surface area (Å²) in [7, 11) is 0. The highest BCUT2D eigenvalue weighted by Crippen LogP contribution is 2.40. The summed E-state index contributed by atoms with van der Waals surface area (Å²) >= 11 is 1.48. The number of carbonyl (C=O) groups excluding carboxylic acids is 2. The molecule has 1 amide bonds. The monoisotopic (exact) mass is 397 g/mol. The normalized spacial score (nSPS) is 16.0. The minimum atomic E-state index is -0.369. The number of hydrogen-bond donors (Lipinski definition) is 1. The van der Waals surface area contributed by atoms with Crippen LogP contribution in [0.25, 0.3) is 11.0 Å². The third-order valence-electron chi connectivity index (χ3n) is 5.27. The van der Waals surface area contributed by atoms with E-state index < -0.39 is 0 Å². The van der Waals surface area contributed by atoms with E-state index in [9.17, 15) is 9.59 Å². The Bertz CT molecular complexity index is 1060. The van der Waals surface area contributed by atoms with E-state index in [0.717, 1.165) is 35.8 Å². The molecule has 28 heavy (non-hydrogen) atoms. The lowest BCUT2D eigenvalue weighted by Gasteiger charge is -2.18. The zero-order valence-corrected chi connectivity index (χ0v) is 17.1. The van der Waals surface area contributed by atoms with Crippen LogP contribution in [0.4, 0.5) is 5.00 Å². The van der Waals surface area contributed by atoms with Crippen molar-refractivity contribution in [3.8, 4) is 0 Å². The fourth-order valence-corrected chi connectivity index (χ4v) is 5.20. The molecule has 0 unspecified atom stereocenters. The topological polar surface area (TPSA) is 68.5 Å². The van der Waals surface area contributed by atoms with Crippen molar-refractivity contribution in [2.24, 2.45) is 5.92 Å². The second-order valence-electron chi connectivity index (χ2n) is 7.28. The first-order chi connectivity index (χ1) is 13.5. The number of nitrogens with one attached hydrogen (secondary N) is 1. The molecule has 0 saturated carbocycles. The van der Waals surface area contributed by atoms with E-state index in [4.69, 9.17) is 9.15 Å². The lowest BCUT2D eigenvalue weighted by molar-refractivity contribution is 0.0526. The molecule has 6 heteroatoms. The lowest BCUT2D eigenvalue weighted by atomic mass is 9.88. The largest absolute Gasteiger partial charge is 0.462 e. The number of para-hydroxylation sites is 1. The van der Waals surface area contributed by atoms with E-state index in [2.05, 4.69) is 12.2 Å². The van der Waals surface area contributed by atoms with Gasteiger partial charge >= 0.3 is 5.97 Å². The average molecular weight is 397 g/mol. The first-order valence-corrected chi connectivity index (χ1v) is 10.4. The van der Waals surface area contributed by atoms with E-state index in [1.54, 1.807) is 6.92 Å². The molecule has 0 fully saturated rings. The van der Waals surface area contributed by atoms with Crippen LogP contribution in [0, 0.1) is 12.8 Å². The molecule has 1 aromatic carbocycles. The number of furan rings is 1. The predicted molar refractivity (Wildman–Crippen MR) is 110 cm³/mol. The maximum Gasteiger partial charge on any atom is 0.341 e. The van der Waals surface area contributed by atoms with Crippen molar-refractivity contribution in [3.05, 3.63) is 51.6 Å². The molecule has 0 radical (unpaired) electrons. The Kier molecular flexibility index (Phi) is 4.98. The molecule has 0 saturated heterocycles. The SMILES string of the molecule is CCOC(=O)c1c(NC(=O)c2oc3ccccc3c2C)sc2c1CC[C@H](C)C2. The van der Waals surface area contributed by atoms with E-state index in [-0.39, 0.29) is 17.6 Å². The minimum absolute atomic E-state index is 0.274. The molecule has 2 heterocycles. The van der Waals surface area contributed by atoms with Crippen molar-refractivity contribution < 1.29 is 18.7 Å². The van der Waals surface area contributed by atoms with Gasteiger partial charge in [-0.25, -0.2) is 4.79 Å². The summed E-state index contributed by atoms with van der Waals surface area (Å²) in [4.78, 5) is 26.7. The van der Waals surface area contributed by atoms with Crippen LogP contribution in [-0.2, 0) is 17.6 Å². The van der Waals surface area contributed by atoms with E-state index in [0.29, 0.717) is 28.7 Å². The van der Waals surface area contributed by atoms with Crippen molar-refractivity contribution in [2.45, 2.75) is 40.0 Å². The number of amides is 1. The van der Waals surface area contributed by atoms with Crippen LogP contribution in [0.15, 0.2) is 28.7 Å². The Morgan fingerprint density at radius 2 is 2.11 bits per heavy atom. The Morgan fingerprint density at radius 1 is 1.32 bits per heavy atom. The van der Waals surface area contributed by atoms with Crippen LogP contribution in [0.2, 0.25) is 0 Å². The van der Waals surface area contributed by atoms with Gasteiger partial charge < -0.3 is 14.5 Å². The van der Waals surface area contributed by atoms with Gasteiger partial charge in [-0.1, -0.05) is 25.1 Å². The highest BCUT2D eigenvalue weighted by atomic mass is 32.1. The molecular weight excluding hydrogens is 374 g/mol. The van der Waals surface area contributed by atoms with Gasteiger partial charge in [0.1, 0.15) is 10.6 Å². The zero-order valence-electron chi connectivity index (χ0n) is 16.3. The third kappa shape index (κ3) is 3.22. The number of thiophene rings is 1. The number of benzene rings is 1. The standard InChI is InChI=1S/C22H23NO4S/c1-4-26-22(25)18-15-10-9-12(2)11-17(15)28-21(18)23-20(24)19-13(3)14-7-5-6-8-16(14)27-19/h5-8,12H,4,9-11H2,1-3H3,(H,23,24)/t12-/m0/s1. The zero-order chi connectivity index (χ0) is 19.8. The van der Waals surface area contributed by atoms with E-state index in [1.807, 2.05) is 31.2 Å². The summed E-state index contributed by atoms with van der Waals surface area (Å²) in [6.07, 6.45) is 2.79. The summed E-state index contributed by atoms with van der Waals surface area (Å²) in [5.74, 6) is 0.134. The number of ether oxygens (including phenoxy) is 1. The Labute approximate surface area is 167 Å². The molecule has 4 rings (SSSR count). The molecule has 1 N–H and O–H groups in total. The molecule has 1 atom stereocenters. The van der Waals surface area contributed by atoms with Gasteiger partial charge in [0.2, 0.25) is 0 Å². The number of rotatable bonds is 4. The summed E-state index contributed by atoms with van der Waals surface area (Å²) in [6.45, 7) is 6.17. The highest BCUT2D eigenvalue weighted by molar-refractivity contribution is 7.17. The van der Waals surface area contributed by atoms with Crippen LogP contribution in [-0.4, -0.2) is 18.5 Å². The quantitative estimate of drug-likeness (QED) is 0.602. The fraction of sp³-hybridized carbons (Fsp3) is 0.364. The smallest absolute Gasteiger partial charge is 0.341 e. The van der Waals surface area contributed by atoms with Crippen LogP contribution in [0.3, 0.4) is 0 Å². The maximum atomic E-state index is 13.0. The van der Waals surface area contributed by atoms with Gasteiger partial charge in [0.15, 0.2) is 5.76 Å². The maximum absolute atomic E-state index is 13.0. The van der Waals surface area contributed by atoms with Crippen LogP contribution < -0.4 is 5.32 Å².